The van der Waals surface area contributed by atoms with Crippen molar-refractivity contribution in [1.82, 2.24) is 10.0 Å². The maximum absolute atomic E-state index is 12.4. The first-order valence-electron chi connectivity index (χ1n) is 9.34. The summed E-state index contributed by atoms with van der Waals surface area (Å²) < 4.78 is 33.3. The summed E-state index contributed by atoms with van der Waals surface area (Å²) in [5, 5.41) is 32.6. The number of nitrogens with one attached hydrogen (secondary N) is 2. The normalized spacial score (nSPS) is 16.6. The van der Waals surface area contributed by atoms with E-state index in [4.69, 9.17) is 7.85 Å². The van der Waals surface area contributed by atoms with E-state index in [9.17, 15) is 23.7 Å². The summed E-state index contributed by atoms with van der Waals surface area (Å²) in [4.78, 5) is 4.29. The van der Waals surface area contributed by atoms with Crippen molar-refractivity contribution in [1.29, 1.82) is 0 Å². The molecule has 0 aliphatic carbocycles. The third-order valence-corrected chi connectivity index (χ3v) is 10.5. The molecule has 9 nitrogen and oxygen atoms in total. The van der Waals surface area contributed by atoms with Crippen molar-refractivity contribution in [3.63, 3.8) is 0 Å². The van der Waals surface area contributed by atoms with Crippen molar-refractivity contribution >= 4 is 49.9 Å². The Morgan fingerprint density at radius 1 is 1.03 bits per heavy atom. The zero-order valence-electron chi connectivity index (χ0n) is 16.5. The fourth-order valence-corrected chi connectivity index (χ4v) is 8.23. The molecule has 0 amide bonds. The Balaban J connectivity index is 1.48. The number of aliphatic imine (C=N–C) groups is 1. The van der Waals surface area contributed by atoms with Crippen molar-refractivity contribution in [3.05, 3.63) is 67.0 Å². The monoisotopic (exact) mass is 564 g/mol. The zero-order chi connectivity index (χ0) is 22.9. The number of benzene rings is 2. The molecule has 0 bridgehead atoms. The van der Waals surface area contributed by atoms with Crippen LogP contribution >= 0.6 is 20.1 Å². The van der Waals surface area contributed by atoms with Gasteiger partial charge in [0.15, 0.2) is 0 Å². The van der Waals surface area contributed by atoms with Crippen LogP contribution in [0.3, 0.4) is 0 Å². The van der Waals surface area contributed by atoms with Gasteiger partial charge in [-0.2, -0.15) is 0 Å². The number of nitrogens with zero attached hydrogens (tertiary/aromatic N) is 2. The Labute approximate surface area is 193 Å². The van der Waals surface area contributed by atoms with E-state index in [1.807, 2.05) is 0 Å². The molecule has 0 unspecified atom stereocenters. The number of phenols is 3. The van der Waals surface area contributed by atoms with Gasteiger partial charge in [-0.25, -0.2) is 0 Å². The standard InChI is InChI=1S/C20H18BIN4O5S/c21-14-11-24-22-19(10-15(26-20(14)22)13-3-1-2-4-16(13)28)23-7-8-25-32(30,31)18-6-5-12(27)9-17(18)29/h1-6,9-11,23,25,27-29H,7-8H2. The number of rotatable bonds is 7. The molecule has 164 valence electrons. The summed E-state index contributed by atoms with van der Waals surface area (Å²) in [6, 6.07) is 10.1. The second kappa shape index (κ2) is 8.96. The van der Waals surface area contributed by atoms with Gasteiger partial charge in [0.2, 0.25) is 0 Å². The van der Waals surface area contributed by atoms with Gasteiger partial charge in [0.1, 0.15) is 0 Å². The predicted octanol–water partition coefficient (Wildman–Crippen LogP) is 1.86. The maximum atomic E-state index is 12.4. The molecule has 2 aromatic carbocycles. The number of aromatic hydroxyl groups is 3. The first-order valence-corrected chi connectivity index (χ1v) is 13.9. The Hall–Kier alpha value is -2.84. The van der Waals surface area contributed by atoms with Crippen LogP contribution in [0.5, 0.6) is 17.2 Å². The third-order valence-electron chi connectivity index (χ3n) is 4.49. The molecule has 12 heteroatoms. The second-order valence-corrected chi connectivity index (χ2v) is 12.7. The van der Waals surface area contributed by atoms with E-state index in [1.54, 1.807) is 36.6 Å². The van der Waals surface area contributed by atoms with Gasteiger partial charge in [0, 0.05) is 0 Å². The van der Waals surface area contributed by atoms with Gasteiger partial charge >= 0.3 is 194 Å². The van der Waals surface area contributed by atoms with Gasteiger partial charge < -0.3 is 0 Å². The van der Waals surface area contributed by atoms with Gasteiger partial charge in [0.05, 0.1) is 0 Å². The average Bonchev–Trinajstić information content (AvgIpc) is 3.12. The molecule has 5 N–H and O–H groups in total. The minimum absolute atomic E-state index is 0.0330. The van der Waals surface area contributed by atoms with Gasteiger partial charge in [-0.3, -0.25) is 0 Å². The molecule has 0 saturated heterocycles. The van der Waals surface area contributed by atoms with E-state index >= 15 is 0 Å². The Bertz CT molecular complexity index is 1310. The van der Waals surface area contributed by atoms with Crippen LogP contribution in [-0.2, 0) is 10.0 Å². The van der Waals surface area contributed by atoms with Crippen LogP contribution in [0, 0.1) is 0 Å². The van der Waals surface area contributed by atoms with E-state index < -0.39 is 35.9 Å². The molecule has 0 fully saturated rings. The summed E-state index contributed by atoms with van der Waals surface area (Å²) in [7, 11) is 2.07. The molecule has 0 saturated carbocycles. The van der Waals surface area contributed by atoms with E-state index in [2.05, 4.69) is 18.2 Å². The molecule has 4 rings (SSSR count). The summed E-state index contributed by atoms with van der Waals surface area (Å²) >= 11 is -2.24. The van der Waals surface area contributed by atoms with E-state index in [0.29, 0.717) is 20.5 Å². The molecule has 0 aromatic heterocycles. The average molecular weight is 564 g/mol. The van der Waals surface area contributed by atoms with E-state index in [1.165, 1.54) is 6.07 Å². The van der Waals surface area contributed by atoms with Gasteiger partial charge in [-0.15, -0.1) is 0 Å². The van der Waals surface area contributed by atoms with Crippen LogP contribution in [0.15, 0.2) is 74.5 Å². The van der Waals surface area contributed by atoms with Gasteiger partial charge in [0.25, 0.3) is 0 Å². The fourth-order valence-electron chi connectivity index (χ4n) is 2.99. The van der Waals surface area contributed by atoms with Crippen LogP contribution < -0.4 is 10.0 Å². The Morgan fingerprint density at radius 2 is 1.81 bits per heavy atom. The first-order chi connectivity index (χ1) is 15.3. The number of sulfonamides is 1. The molecule has 2 aliphatic rings. The molecular weight excluding hydrogens is 546 g/mol. The number of phenolic OH excluding ortho intramolecular Hbond substituents is 3. The van der Waals surface area contributed by atoms with Crippen molar-refractivity contribution < 1.29 is 23.7 Å². The molecular formula is C20H18BIN4O5S. The van der Waals surface area contributed by atoms with Gasteiger partial charge in [-0.1, -0.05) is 0 Å². The first kappa shape index (κ1) is 22.4. The molecule has 0 atom stereocenters. The molecule has 2 aromatic rings. The van der Waals surface area contributed by atoms with Crippen LogP contribution in [-0.4, -0.2) is 56.6 Å². The van der Waals surface area contributed by atoms with Gasteiger partial charge in [-0.05, 0) is 0 Å². The summed E-state index contributed by atoms with van der Waals surface area (Å²) in [5.74, 6) is -0.688. The molecule has 32 heavy (non-hydrogen) atoms. The fraction of sp³-hybridized carbons (Fsp3) is 0.100. The molecule has 2 heterocycles. The zero-order valence-corrected chi connectivity index (χ0v) is 19.5. The summed E-state index contributed by atoms with van der Waals surface area (Å²) in [6.07, 6.45) is 3.39. The summed E-state index contributed by atoms with van der Waals surface area (Å²) in [6.45, 7) is 0.278. The van der Waals surface area contributed by atoms with Crippen molar-refractivity contribution in [2.24, 2.45) is 8.20 Å². The minimum atomic E-state index is -3.97. The van der Waals surface area contributed by atoms with Crippen molar-refractivity contribution in [2.75, 3.05) is 13.1 Å². The van der Waals surface area contributed by atoms with Crippen LogP contribution in [0.4, 0.5) is 0 Å². The number of fused-ring (bicyclic) bond motifs is 1. The van der Waals surface area contributed by atoms with Crippen LogP contribution in [0.2, 0.25) is 0 Å². The van der Waals surface area contributed by atoms with Crippen LogP contribution in [0.1, 0.15) is 5.56 Å². The predicted molar refractivity (Wildman–Crippen MR) is 131 cm³/mol. The third kappa shape index (κ3) is 4.52. The SMILES string of the molecule is [B]C1=C2N=C(c3ccccc3O)C=C(NCCNS(=O)(=O)c3ccc(O)cc3O)I2N=C1. The Morgan fingerprint density at radius 3 is 2.56 bits per heavy atom. The topological polar surface area (TPSA) is 144 Å². The number of hydrogen-bond donors (Lipinski definition) is 5. The Kier molecular flexibility index (Phi) is 6.26. The molecule has 2 aliphatic heterocycles. The van der Waals surface area contributed by atoms with Crippen molar-refractivity contribution in [2.45, 2.75) is 4.90 Å². The molecule has 0 spiro atoms. The summed E-state index contributed by atoms with van der Waals surface area (Å²) in [5.41, 5.74) is 1.58. The quantitative estimate of drug-likeness (QED) is 0.151. The van der Waals surface area contributed by atoms with E-state index in [-0.39, 0.29) is 29.5 Å². The molecule has 2 radical (unpaired) electrons. The second-order valence-electron chi connectivity index (χ2n) is 6.72. The number of hydrogen-bond acceptors (Lipinski definition) is 8. The van der Waals surface area contributed by atoms with E-state index in [0.717, 1.165) is 15.8 Å². The number of halogens is 1. The number of allylic oxidation sites excluding steroid dienone is 2. The van der Waals surface area contributed by atoms with Crippen LogP contribution in [0.25, 0.3) is 0 Å². The van der Waals surface area contributed by atoms with Crippen molar-refractivity contribution in [3.8, 4) is 17.2 Å². The number of para-hydroxylation sites is 1.